The van der Waals surface area contributed by atoms with Crippen LogP contribution in [0.2, 0.25) is 0 Å². The SMILES string of the molecule is CCCC[N+](CCCC)(CCCC)CCCC.O=S(=O)([O-])[O-].O=S(=O)([O-])[O-]. The molecule has 0 aromatic carbocycles. The van der Waals surface area contributed by atoms with E-state index < -0.39 is 20.8 Å². The Bertz CT molecular complexity index is 437. The van der Waals surface area contributed by atoms with E-state index in [2.05, 4.69) is 27.7 Å². The summed E-state index contributed by atoms with van der Waals surface area (Å²) < 4.78 is 69.6. The van der Waals surface area contributed by atoms with Gasteiger partial charge in [-0.1, -0.05) is 53.4 Å². The summed E-state index contributed by atoms with van der Waals surface area (Å²) in [5, 5.41) is 0. The molecule has 0 heterocycles. The molecule has 0 amide bonds. The van der Waals surface area contributed by atoms with Crippen molar-refractivity contribution in [3.8, 4) is 0 Å². The largest absolute Gasteiger partial charge is 0.759 e. The lowest BCUT2D eigenvalue weighted by Gasteiger charge is -2.39. The molecule has 0 radical (unpaired) electrons. The average Bonchev–Trinajstić information content (AvgIpc) is 2.50. The van der Waals surface area contributed by atoms with Crippen LogP contribution in [0.1, 0.15) is 79.1 Å². The first-order valence-electron chi connectivity index (χ1n) is 9.43. The Labute approximate surface area is 165 Å². The second-order valence-electron chi connectivity index (χ2n) is 6.47. The molecule has 0 saturated heterocycles. The van der Waals surface area contributed by atoms with Gasteiger partial charge in [-0.2, -0.15) is 0 Å². The minimum Gasteiger partial charge on any atom is -0.759 e. The van der Waals surface area contributed by atoms with Gasteiger partial charge in [-0.15, -0.1) is 0 Å². The third-order valence-electron chi connectivity index (χ3n) is 3.94. The maximum atomic E-state index is 8.52. The summed E-state index contributed by atoms with van der Waals surface area (Å²) >= 11 is 0. The monoisotopic (exact) mass is 434 g/mol. The minimum absolute atomic E-state index is 1.35. The van der Waals surface area contributed by atoms with Gasteiger partial charge in [-0.3, -0.25) is 16.8 Å². The van der Waals surface area contributed by atoms with E-state index >= 15 is 0 Å². The molecule has 0 aromatic heterocycles. The maximum Gasteiger partial charge on any atom is 0.0786 e. The molecule has 0 aromatic rings. The van der Waals surface area contributed by atoms with Crippen molar-refractivity contribution in [2.24, 2.45) is 0 Å². The zero-order valence-electron chi connectivity index (χ0n) is 17.0. The number of rotatable bonds is 12. The van der Waals surface area contributed by atoms with E-state index in [1.807, 2.05) is 0 Å². The molecule has 27 heavy (non-hydrogen) atoms. The fourth-order valence-electron chi connectivity index (χ4n) is 2.64. The van der Waals surface area contributed by atoms with Crippen LogP contribution in [0.5, 0.6) is 0 Å². The van der Waals surface area contributed by atoms with Crippen molar-refractivity contribution >= 4 is 20.8 Å². The molecule has 168 valence electrons. The Kier molecular flexibility index (Phi) is 20.7. The molecule has 9 nitrogen and oxygen atoms in total. The maximum absolute atomic E-state index is 8.52. The van der Waals surface area contributed by atoms with Gasteiger partial charge in [0.15, 0.2) is 0 Å². The van der Waals surface area contributed by atoms with Crippen LogP contribution in [0.25, 0.3) is 0 Å². The van der Waals surface area contributed by atoms with Crippen molar-refractivity contribution in [1.29, 1.82) is 0 Å². The molecule has 0 saturated carbocycles. The van der Waals surface area contributed by atoms with Crippen molar-refractivity contribution in [3.05, 3.63) is 0 Å². The minimum atomic E-state index is -5.17. The van der Waals surface area contributed by atoms with E-state index in [9.17, 15) is 0 Å². The standard InChI is InChI=1S/C16H36N.2H2O4S/c1-5-9-13-17(14-10-6-2,15-11-7-3)16-12-8-4;2*1-5(2,3)4/h5-16H2,1-4H3;2*(H2,1,2,3,4)/q+1;;/p-4. The number of nitrogens with zero attached hydrogens (tertiary/aromatic N) is 1. The van der Waals surface area contributed by atoms with Crippen LogP contribution in [-0.4, -0.2) is 65.7 Å². The summed E-state index contributed by atoms with van der Waals surface area (Å²) in [5.74, 6) is 0. The smallest absolute Gasteiger partial charge is 0.0786 e. The molecule has 0 unspecified atom stereocenters. The van der Waals surface area contributed by atoms with E-state index in [1.165, 1.54) is 82.0 Å². The molecule has 0 aliphatic carbocycles. The summed E-state index contributed by atoms with van der Waals surface area (Å²) in [4.78, 5) is 0. The highest BCUT2D eigenvalue weighted by atomic mass is 32.3. The van der Waals surface area contributed by atoms with Crippen molar-refractivity contribution < 1.29 is 39.5 Å². The summed E-state index contributed by atoms with van der Waals surface area (Å²) in [7, 11) is -10.3. The summed E-state index contributed by atoms with van der Waals surface area (Å²) in [6.45, 7) is 15.0. The lowest BCUT2D eigenvalue weighted by Crippen LogP contribution is -2.50. The van der Waals surface area contributed by atoms with Gasteiger partial charge in [0.25, 0.3) is 0 Å². The molecule has 0 spiro atoms. The number of quaternary nitrogens is 1. The quantitative estimate of drug-likeness (QED) is 0.257. The van der Waals surface area contributed by atoms with Crippen molar-refractivity contribution in [1.82, 2.24) is 0 Å². The molecule has 11 heteroatoms. The van der Waals surface area contributed by atoms with Crippen LogP contribution in [0.4, 0.5) is 0 Å². The Morgan fingerprint density at radius 2 is 0.667 bits per heavy atom. The lowest BCUT2D eigenvalue weighted by atomic mass is 10.1. The van der Waals surface area contributed by atoms with Crippen LogP contribution >= 0.6 is 0 Å². The van der Waals surface area contributed by atoms with Gasteiger partial charge < -0.3 is 22.7 Å². The summed E-state index contributed by atoms with van der Waals surface area (Å²) in [5.41, 5.74) is 0. The topological polar surface area (TPSA) is 161 Å². The van der Waals surface area contributed by atoms with Gasteiger partial charge in [0.1, 0.15) is 0 Å². The third kappa shape index (κ3) is 37.2. The summed E-state index contributed by atoms with van der Waals surface area (Å²) in [6, 6.07) is 0. The van der Waals surface area contributed by atoms with Gasteiger partial charge in [0.05, 0.1) is 26.2 Å². The highest BCUT2D eigenvalue weighted by molar-refractivity contribution is 7.79. The van der Waals surface area contributed by atoms with E-state index in [1.54, 1.807) is 0 Å². The normalized spacial score (nSPS) is 11.9. The fourth-order valence-corrected chi connectivity index (χ4v) is 2.64. The van der Waals surface area contributed by atoms with Crippen LogP contribution in [0.3, 0.4) is 0 Å². The lowest BCUT2D eigenvalue weighted by molar-refractivity contribution is -0.929. The zero-order chi connectivity index (χ0) is 22.0. The van der Waals surface area contributed by atoms with E-state index in [4.69, 9.17) is 35.0 Å². The van der Waals surface area contributed by atoms with Crippen LogP contribution in [0.15, 0.2) is 0 Å². The van der Waals surface area contributed by atoms with Gasteiger partial charge in [-0.05, 0) is 25.7 Å². The molecule has 0 bridgehead atoms. The average molecular weight is 435 g/mol. The second kappa shape index (κ2) is 17.8. The van der Waals surface area contributed by atoms with Crippen molar-refractivity contribution in [3.63, 3.8) is 0 Å². The summed E-state index contributed by atoms with van der Waals surface area (Å²) in [6.07, 6.45) is 11.1. The molecular weight excluding hydrogens is 398 g/mol. The Balaban J connectivity index is -0.000000471. The van der Waals surface area contributed by atoms with Gasteiger partial charge in [-0.25, -0.2) is 0 Å². The van der Waals surface area contributed by atoms with Gasteiger partial charge in [0, 0.05) is 20.8 Å². The molecule has 0 aliphatic rings. The fraction of sp³-hybridized carbons (Fsp3) is 1.00. The van der Waals surface area contributed by atoms with Crippen molar-refractivity contribution in [2.45, 2.75) is 79.1 Å². The van der Waals surface area contributed by atoms with E-state index in [-0.39, 0.29) is 0 Å². The van der Waals surface area contributed by atoms with Crippen molar-refractivity contribution in [2.75, 3.05) is 26.2 Å². The number of hydrogen-bond acceptors (Lipinski definition) is 8. The second-order valence-corrected chi connectivity index (χ2v) is 8.10. The first kappa shape index (κ1) is 31.4. The van der Waals surface area contributed by atoms with Gasteiger partial charge in [0.2, 0.25) is 0 Å². The molecule has 0 atom stereocenters. The van der Waals surface area contributed by atoms with Gasteiger partial charge >= 0.3 is 0 Å². The predicted molar refractivity (Wildman–Crippen MR) is 100 cm³/mol. The van der Waals surface area contributed by atoms with Crippen LogP contribution < -0.4 is 0 Å². The van der Waals surface area contributed by atoms with Crippen LogP contribution in [0, 0.1) is 0 Å². The third-order valence-corrected chi connectivity index (χ3v) is 3.94. The Hall–Kier alpha value is -0.300. The number of unbranched alkanes of at least 4 members (excludes halogenated alkanes) is 4. The molecule has 0 aliphatic heterocycles. The highest BCUT2D eigenvalue weighted by Crippen LogP contribution is 2.16. The Morgan fingerprint density at radius 3 is 0.778 bits per heavy atom. The molecular formula is C16H36NO8S2-3. The zero-order valence-corrected chi connectivity index (χ0v) is 18.6. The first-order chi connectivity index (χ1) is 12.2. The molecule has 0 N–H and O–H groups in total. The predicted octanol–water partition coefficient (Wildman–Crippen LogP) is 2.33. The van der Waals surface area contributed by atoms with E-state index in [0.29, 0.717) is 0 Å². The highest BCUT2D eigenvalue weighted by Gasteiger charge is 2.24. The first-order valence-corrected chi connectivity index (χ1v) is 12.1. The Morgan fingerprint density at radius 1 is 0.519 bits per heavy atom. The molecule has 0 fully saturated rings. The van der Waals surface area contributed by atoms with E-state index in [0.717, 1.165) is 0 Å². The van der Waals surface area contributed by atoms with Crippen LogP contribution in [-0.2, 0) is 20.8 Å². The number of hydrogen-bond donors (Lipinski definition) is 0. The molecule has 0 rings (SSSR count).